The second kappa shape index (κ2) is 10.6. The molecule has 4 rings (SSSR count). The number of nitrogen functional groups attached to an aromatic ring is 1. The Labute approximate surface area is 203 Å². The number of hydrazone groups is 1. The number of anilines is 2. The molecule has 0 atom stereocenters. The standard InChI is InChI=1S/C22H21N9O3S/c1-13(15-7-6-8-16(11-15)24-14(2)32)25-27-22(33)19-18(12-35-17-9-4-3-5-10-17)31(30-26-19)21-20(23)28-34-29-21/h3-11H,12H2,1-2H3,(H2,23,28)(H,24,32)(H,27,33)/b25-13+. The maximum atomic E-state index is 13.0. The molecule has 2 heterocycles. The summed E-state index contributed by atoms with van der Waals surface area (Å²) in [5.74, 6) is -0.257. The minimum atomic E-state index is -0.563. The number of hydrogen-bond donors (Lipinski definition) is 3. The number of rotatable bonds is 8. The van der Waals surface area contributed by atoms with Gasteiger partial charge in [0.25, 0.3) is 5.91 Å². The number of nitrogens with zero attached hydrogens (tertiary/aromatic N) is 6. The zero-order valence-corrected chi connectivity index (χ0v) is 19.6. The fourth-order valence-corrected chi connectivity index (χ4v) is 3.97. The number of thioether (sulfide) groups is 1. The molecule has 12 nitrogen and oxygen atoms in total. The topological polar surface area (TPSA) is 166 Å². The molecule has 0 spiro atoms. The summed E-state index contributed by atoms with van der Waals surface area (Å²) in [6.45, 7) is 3.16. The van der Waals surface area contributed by atoms with Gasteiger partial charge in [0.15, 0.2) is 5.69 Å². The highest BCUT2D eigenvalue weighted by Gasteiger charge is 2.24. The van der Waals surface area contributed by atoms with Gasteiger partial charge < -0.3 is 11.1 Å². The first-order valence-electron chi connectivity index (χ1n) is 10.4. The lowest BCUT2D eigenvalue weighted by atomic mass is 10.1. The maximum Gasteiger partial charge on any atom is 0.293 e. The minimum absolute atomic E-state index is 0.0146. The van der Waals surface area contributed by atoms with Gasteiger partial charge in [0, 0.05) is 23.3 Å². The summed E-state index contributed by atoms with van der Waals surface area (Å²) < 4.78 is 6.00. The summed E-state index contributed by atoms with van der Waals surface area (Å²) >= 11 is 1.48. The molecule has 35 heavy (non-hydrogen) atoms. The highest BCUT2D eigenvalue weighted by molar-refractivity contribution is 7.98. The van der Waals surface area contributed by atoms with Gasteiger partial charge in [-0.3, -0.25) is 9.59 Å². The van der Waals surface area contributed by atoms with Crippen LogP contribution in [0.5, 0.6) is 0 Å². The molecule has 0 saturated carbocycles. The summed E-state index contributed by atoms with van der Waals surface area (Å²) in [7, 11) is 0. The van der Waals surface area contributed by atoms with E-state index in [0.29, 0.717) is 22.8 Å². The summed E-state index contributed by atoms with van der Waals surface area (Å²) in [5, 5.41) is 22.3. The van der Waals surface area contributed by atoms with E-state index in [2.05, 4.69) is 41.1 Å². The molecular weight excluding hydrogens is 470 g/mol. The smallest absolute Gasteiger partial charge is 0.293 e. The Bertz CT molecular complexity index is 1380. The average molecular weight is 492 g/mol. The predicted molar refractivity (Wildman–Crippen MR) is 130 cm³/mol. The second-order valence-corrected chi connectivity index (χ2v) is 8.32. The Kier molecular flexibility index (Phi) is 7.16. The third-order valence-corrected chi connectivity index (χ3v) is 5.74. The molecule has 0 saturated heterocycles. The zero-order valence-electron chi connectivity index (χ0n) is 18.8. The van der Waals surface area contributed by atoms with Gasteiger partial charge in [0.05, 0.1) is 11.4 Å². The third-order valence-electron chi connectivity index (χ3n) is 4.72. The zero-order chi connectivity index (χ0) is 24.8. The summed E-state index contributed by atoms with van der Waals surface area (Å²) in [5.41, 5.74) is 10.7. The Morgan fingerprint density at radius 2 is 1.91 bits per heavy atom. The van der Waals surface area contributed by atoms with Crippen molar-refractivity contribution in [3.63, 3.8) is 0 Å². The van der Waals surface area contributed by atoms with Gasteiger partial charge in [0.2, 0.25) is 17.5 Å². The number of amides is 2. The van der Waals surface area contributed by atoms with E-state index < -0.39 is 5.91 Å². The van der Waals surface area contributed by atoms with Gasteiger partial charge in [-0.2, -0.15) is 9.78 Å². The minimum Gasteiger partial charge on any atom is -0.378 e. The van der Waals surface area contributed by atoms with Crippen molar-refractivity contribution < 1.29 is 14.2 Å². The van der Waals surface area contributed by atoms with E-state index in [1.54, 1.807) is 25.1 Å². The van der Waals surface area contributed by atoms with E-state index in [1.165, 1.54) is 23.4 Å². The lowest BCUT2D eigenvalue weighted by Crippen LogP contribution is -2.21. The first kappa shape index (κ1) is 23.6. The third kappa shape index (κ3) is 5.70. The van der Waals surface area contributed by atoms with Gasteiger partial charge in [-0.1, -0.05) is 35.5 Å². The molecule has 2 amide bonds. The number of carbonyl (C=O) groups excluding carboxylic acids is 2. The SMILES string of the molecule is CC(=O)Nc1cccc(/C(C)=N/NC(=O)c2nnn(-c3nonc3N)c2CSc2ccccc2)c1. The van der Waals surface area contributed by atoms with Crippen molar-refractivity contribution in [2.45, 2.75) is 24.5 Å². The number of nitrogens with one attached hydrogen (secondary N) is 2. The van der Waals surface area contributed by atoms with Crippen molar-refractivity contribution >= 4 is 40.8 Å². The van der Waals surface area contributed by atoms with E-state index in [4.69, 9.17) is 5.73 Å². The van der Waals surface area contributed by atoms with E-state index in [-0.39, 0.29) is 23.2 Å². The highest BCUT2D eigenvalue weighted by atomic mass is 32.2. The largest absolute Gasteiger partial charge is 0.378 e. The van der Waals surface area contributed by atoms with Gasteiger partial charge in [-0.15, -0.1) is 16.9 Å². The number of aromatic nitrogens is 5. The maximum absolute atomic E-state index is 13.0. The van der Waals surface area contributed by atoms with Crippen LogP contribution in [0.2, 0.25) is 0 Å². The van der Waals surface area contributed by atoms with Crippen LogP contribution in [0.4, 0.5) is 11.5 Å². The van der Waals surface area contributed by atoms with E-state index in [9.17, 15) is 9.59 Å². The monoisotopic (exact) mass is 491 g/mol. The van der Waals surface area contributed by atoms with Crippen molar-refractivity contribution in [2.24, 2.45) is 5.10 Å². The van der Waals surface area contributed by atoms with Crippen molar-refractivity contribution in [1.82, 2.24) is 30.7 Å². The second-order valence-electron chi connectivity index (χ2n) is 7.27. The first-order valence-corrected chi connectivity index (χ1v) is 11.3. The molecular formula is C22H21N9O3S. The molecule has 0 aliphatic rings. The molecule has 13 heteroatoms. The molecule has 0 aliphatic heterocycles. The molecule has 0 fully saturated rings. The first-order chi connectivity index (χ1) is 16.9. The van der Waals surface area contributed by atoms with Crippen LogP contribution in [0.15, 0.2) is 69.2 Å². The lowest BCUT2D eigenvalue weighted by Gasteiger charge is -2.07. The predicted octanol–water partition coefficient (Wildman–Crippen LogP) is 2.64. The van der Waals surface area contributed by atoms with Crippen molar-refractivity contribution in [1.29, 1.82) is 0 Å². The average Bonchev–Trinajstić information content (AvgIpc) is 3.47. The van der Waals surface area contributed by atoms with Crippen LogP contribution < -0.4 is 16.5 Å². The van der Waals surface area contributed by atoms with Crippen LogP contribution in [0.25, 0.3) is 5.82 Å². The van der Waals surface area contributed by atoms with E-state index in [1.807, 2.05) is 36.4 Å². The molecule has 0 unspecified atom stereocenters. The normalized spacial score (nSPS) is 11.3. The Morgan fingerprint density at radius 1 is 1.11 bits per heavy atom. The van der Waals surface area contributed by atoms with Gasteiger partial charge in [-0.05, 0) is 47.1 Å². The van der Waals surface area contributed by atoms with Crippen LogP contribution >= 0.6 is 11.8 Å². The fourth-order valence-electron chi connectivity index (χ4n) is 3.06. The molecule has 0 radical (unpaired) electrons. The molecule has 4 aromatic rings. The van der Waals surface area contributed by atoms with Gasteiger partial charge >= 0.3 is 0 Å². The van der Waals surface area contributed by atoms with E-state index in [0.717, 1.165) is 10.5 Å². The molecule has 0 bridgehead atoms. The Balaban J connectivity index is 1.57. The molecule has 2 aromatic carbocycles. The van der Waals surface area contributed by atoms with Crippen molar-refractivity contribution in [3.8, 4) is 5.82 Å². The molecule has 2 aromatic heterocycles. The van der Waals surface area contributed by atoms with Crippen LogP contribution in [-0.4, -0.2) is 42.8 Å². The van der Waals surface area contributed by atoms with Crippen LogP contribution in [0, 0.1) is 0 Å². The summed E-state index contributed by atoms with van der Waals surface area (Å²) in [4.78, 5) is 25.3. The van der Waals surface area contributed by atoms with Gasteiger partial charge in [-0.25, -0.2) is 10.1 Å². The highest BCUT2D eigenvalue weighted by Crippen LogP contribution is 2.25. The van der Waals surface area contributed by atoms with Gasteiger partial charge in [0.1, 0.15) is 0 Å². The molecule has 4 N–H and O–H groups in total. The van der Waals surface area contributed by atoms with Crippen LogP contribution in [0.1, 0.15) is 35.6 Å². The summed E-state index contributed by atoms with van der Waals surface area (Å²) in [6.07, 6.45) is 0. The van der Waals surface area contributed by atoms with Crippen LogP contribution in [-0.2, 0) is 10.5 Å². The van der Waals surface area contributed by atoms with E-state index >= 15 is 0 Å². The number of benzene rings is 2. The van der Waals surface area contributed by atoms with Crippen LogP contribution in [0.3, 0.4) is 0 Å². The molecule has 0 aliphatic carbocycles. The fraction of sp³-hybridized carbons (Fsp3) is 0.136. The molecule has 178 valence electrons. The summed E-state index contributed by atoms with van der Waals surface area (Å²) in [6, 6.07) is 16.8. The number of carbonyl (C=O) groups is 2. The van der Waals surface area contributed by atoms with Crippen molar-refractivity contribution in [2.75, 3.05) is 11.1 Å². The Hall–Kier alpha value is -4.52. The number of nitrogens with two attached hydrogens (primary N) is 1. The Morgan fingerprint density at radius 3 is 2.63 bits per heavy atom. The van der Waals surface area contributed by atoms with Crippen molar-refractivity contribution in [3.05, 3.63) is 71.5 Å². The lowest BCUT2D eigenvalue weighted by molar-refractivity contribution is -0.114. The quantitative estimate of drug-likeness (QED) is 0.191. The number of hydrogen-bond acceptors (Lipinski definition) is 10.